The Bertz CT molecular complexity index is 572. The quantitative estimate of drug-likeness (QED) is 0.902. The van der Waals surface area contributed by atoms with Crippen LogP contribution < -0.4 is 0 Å². The summed E-state index contributed by atoms with van der Waals surface area (Å²) in [6, 6.07) is 0. The highest BCUT2D eigenvalue weighted by Gasteiger charge is 2.34. The molecule has 0 aliphatic carbocycles. The third kappa shape index (κ3) is 3.26. The van der Waals surface area contributed by atoms with Gasteiger partial charge in [0.05, 0.1) is 17.7 Å². The summed E-state index contributed by atoms with van der Waals surface area (Å²) in [5.41, 5.74) is -0.529. The first-order chi connectivity index (χ1) is 10.3. The summed E-state index contributed by atoms with van der Waals surface area (Å²) in [6.45, 7) is 4.34. The maximum atomic E-state index is 13.3. The Labute approximate surface area is 126 Å². The second kappa shape index (κ2) is 6.41. The Morgan fingerprint density at radius 2 is 2.14 bits per heavy atom. The zero-order chi connectivity index (χ0) is 16.4. The first kappa shape index (κ1) is 16.4. The molecule has 1 amide bonds. The Balaban J connectivity index is 2.23. The first-order valence-electron chi connectivity index (χ1n) is 7.17. The molecule has 1 aliphatic heterocycles. The summed E-state index contributed by atoms with van der Waals surface area (Å²) >= 11 is 0. The van der Waals surface area contributed by atoms with Gasteiger partial charge in [0.1, 0.15) is 5.69 Å². The van der Waals surface area contributed by atoms with E-state index in [1.165, 1.54) is 4.90 Å². The van der Waals surface area contributed by atoms with E-state index in [4.69, 9.17) is 5.11 Å². The maximum Gasteiger partial charge on any atom is 0.308 e. The summed E-state index contributed by atoms with van der Waals surface area (Å²) in [5.74, 6) is -2.07. The number of hydrogen-bond acceptors (Lipinski definition) is 3. The van der Waals surface area contributed by atoms with E-state index in [0.717, 1.165) is 10.9 Å². The van der Waals surface area contributed by atoms with Crippen LogP contribution in [0.4, 0.5) is 8.78 Å². The van der Waals surface area contributed by atoms with Gasteiger partial charge in [0.25, 0.3) is 12.3 Å². The van der Waals surface area contributed by atoms with Crippen LogP contribution in [0.5, 0.6) is 0 Å². The highest BCUT2D eigenvalue weighted by atomic mass is 19.3. The van der Waals surface area contributed by atoms with Crippen LogP contribution in [0.3, 0.4) is 0 Å². The normalized spacial score (nSPS) is 18.5. The van der Waals surface area contributed by atoms with Crippen LogP contribution in [-0.4, -0.2) is 44.8 Å². The van der Waals surface area contributed by atoms with Crippen molar-refractivity contribution in [1.82, 2.24) is 14.7 Å². The molecule has 122 valence electrons. The van der Waals surface area contributed by atoms with E-state index in [1.807, 2.05) is 13.8 Å². The van der Waals surface area contributed by atoms with Gasteiger partial charge in [0.15, 0.2) is 0 Å². The van der Waals surface area contributed by atoms with Gasteiger partial charge in [-0.2, -0.15) is 5.10 Å². The molecule has 1 saturated heterocycles. The number of aliphatic carboxylic acids is 1. The standard InChI is InChI=1S/C14H19F2N3O3/c1-8(2)6-19-11(12(15)16)10(5-17-19)13(20)18-4-3-9(7-18)14(21)22/h5,8-9,12H,3-4,6-7H2,1-2H3,(H,21,22). The van der Waals surface area contributed by atoms with E-state index >= 15 is 0 Å². The fourth-order valence-electron chi connectivity index (χ4n) is 2.60. The molecule has 2 heterocycles. The number of nitrogens with zero attached hydrogens (tertiary/aromatic N) is 3. The fourth-order valence-corrected chi connectivity index (χ4v) is 2.60. The Morgan fingerprint density at radius 1 is 1.45 bits per heavy atom. The van der Waals surface area contributed by atoms with Gasteiger partial charge < -0.3 is 10.0 Å². The highest BCUT2D eigenvalue weighted by molar-refractivity contribution is 5.95. The van der Waals surface area contributed by atoms with E-state index < -0.39 is 29.9 Å². The molecule has 22 heavy (non-hydrogen) atoms. The SMILES string of the molecule is CC(C)Cn1ncc(C(=O)N2CCC(C(=O)O)C2)c1C(F)F. The van der Waals surface area contributed by atoms with Gasteiger partial charge in [0, 0.05) is 19.6 Å². The third-order valence-corrected chi connectivity index (χ3v) is 3.68. The molecule has 0 aromatic carbocycles. The minimum atomic E-state index is -2.81. The van der Waals surface area contributed by atoms with Crippen LogP contribution in [0, 0.1) is 11.8 Å². The maximum absolute atomic E-state index is 13.3. The zero-order valence-corrected chi connectivity index (χ0v) is 12.5. The molecule has 0 radical (unpaired) electrons. The lowest BCUT2D eigenvalue weighted by Crippen LogP contribution is -2.30. The number of carbonyl (C=O) groups is 2. The smallest absolute Gasteiger partial charge is 0.308 e. The Kier molecular flexibility index (Phi) is 4.77. The van der Waals surface area contributed by atoms with Crippen molar-refractivity contribution in [3.63, 3.8) is 0 Å². The van der Waals surface area contributed by atoms with Crippen molar-refractivity contribution in [2.24, 2.45) is 11.8 Å². The topological polar surface area (TPSA) is 75.4 Å². The molecule has 0 spiro atoms. The molecule has 1 aliphatic rings. The molecule has 1 unspecified atom stereocenters. The minimum absolute atomic E-state index is 0.0478. The number of alkyl halides is 2. The van der Waals surface area contributed by atoms with Crippen molar-refractivity contribution in [1.29, 1.82) is 0 Å². The molecule has 8 heteroatoms. The van der Waals surface area contributed by atoms with Crippen LogP contribution in [0.1, 0.15) is 42.7 Å². The van der Waals surface area contributed by atoms with Crippen molar-refractivity contribution in [2.75, 3.05) is 13.1 Å². The van der Waals surface area contributed by atoms with Gasteiger partial charge in [-0.05, 0) is 12.3 Å². The van der Waals surface area contributed by atoms with E-state index in [1.54, 1.807) is 0 Å². The molecule has 1 aromatic heterocycles. The number of carboxylic acids is 1. The Hall–Kier alpha value is -1.99. The van der Waals surface area contributed by atoms with Gasteiger partial charge >= 0.3 is 5.97 Å². The molecule has 1 N–H and O–H groups in total. The summed E-state index contributed by atoms with van der Waals surface area (Å²) in [4.78, 5) is 24.6. The predicted octanol–water partition coefficient (Wildman–Crippen LogP) is 2.02. The number of rotatable bonds is 5. The number of likely N-dealkylation sites (tertiary alicyclic amines) is 1. The molecular weight excluding hydrogens is 296 g/mol. The van der Waals surface area contributed by atoms with Crippen LogP contribution in [0.25, 0.3) is 0 Å². The van der Waals surface area contributed by atoms with E-state index in [2.05, 4.69) is 5.10 Å². The molecule has 0 saturated carbocycles. The molecule has 6 nitrogen and oxygen atoms in total. The van der Waals surface area contributed by atoms with Gasteiger partial charge in [-0.1, -0.05) is 13.8 Å². The predicted molar refractivity (Wildman–Crippen MR) is 73.7 cm³/mol. The van der Waals surface area contributed by atoms with Gasteiger partial charge in [-0.3, -0.25) is 14.3 Å². The average molecular weight is 315 g/mol. The summed E-state index contributed by atoms with van der Waals surface area (Å²) in [5, 5.41) is 12.9. The lowest BCUT2D eigenvalue weighted by molar-refractivity contribution is -0.141. The monoisotopic (exact) mass is 315 g/mol. The van der Waals surface area contributed by atoms with Crippen LogP contribution in [0.15, 0.2) is 6.20 Å². The van der Waals surface area contributed by atoms with E-state index in [-0.39, 0.29) is 24.6 Å². The van der Waals surface area contributed by atoms with Crippen molar-refractivity contribution in [2.45, 2.75) is 33.2 Å². The number of carboxylic acid groups (broad SMARTS) is 1. The lowest BCUT2D eigenvalue weighted by atomic mass is 10.1. The van der Waals surface area contributed by atoms with E-state index in [0.29, 0.717) is 13.0 Å². The van der Waals surface area contributed by atoms with E-state index in [9.17, 15) is 18.4 Å². The van der Waals surface area contributed by atoms with Crippen LogP contribution in [0.2, 0.25) is 0 Å². The average Bonchev–Trinajstić information content (AvgIpc) is 3.03. The summed E-state index contributed by atoms with van der Waals surface area (Å²) in [6.07, 6.45) is -1.32. The Morgan fingerprint density at radius 3 is 2.64 bits per heavy atom. The summed E-state index contributed by atoms with van der Waals surface area (Å²) < 4.78 is 27.8. The second-order valence-corrected chi connectivity index (χ2v) is 5.90. The molecule has 1 fully saturated rings. The van der Waals surface area contributed by atoms with Crippen molar-refractivity contribution < 1.29 is 23.5 Å². The fraction of sp³-hybridized carbons (Fsp3) is 0.643. The number of carbonyl (C=O) groups excluding carboxylic acids is 1. The molecule has 1 atom stereocenters. The van der Waals surface area contributed by atoms with Crippen LogP contribution in [-0.2, 0) is 11.3 Å². The third-order valence-electron chi connectivity index (χ3n) is 3.68. The molecule has 0 bridgehead atoms. The number of halogens is 2. The number of aromatic nitrogens is 2. The second-order valence-electron chi connectivity index (χ2n) is 5.90. The zero-order valence-electron chi connectivity index (χ0n) is 12.5. The first-order valence-corrected chi connectivity index (χ1v) is 7.17. The largest absolute Gasteiger partial charge is 0.481 e. The minimum Gasteiger partial charge on any atom is -0.481 e. The van der Waals surface area contributed by atoms with Gasteiger partial charge in [-0.15, -0.1) is 0 Å². The molecular formula is C14H19F2N3O3. The number of amides is 1. The number of hydrogen-bond donors (Lipinski definition) is 1. The molecule has 1 aromatic rings. The van der Waals surface area contributed by atoms with Gasteiger partial charge in [0.2, 0.25) is 0 Å². The van der Waals surface area contributed by atoms with Crippen LogP contribution >= 0.6 is 0 Å². The van der Waals surface area contributed by atoms with Crippen molar-refractivity contribution in [3.8, 4) is 0 Å². The van der Waals surface area contributed by atoms with Crippen molar-refractivity contribution in [3.05, 3.63) is 17.5 Å². The molecule has 2 rings (SSSR count). The van der Waals surface area contributed by atoms with Crippen molar-refractivity contribution >= 4 is 11.9 Å². The van der Waals surface area contributed by atoms with Gasteiger partial charge in [-0.25, -0.2) is 8.78 Å². The summed E-state index contributed by atoms with van der Waals surface area (Å²) in [7, 11) is 0. The lowest BCUT2D eigenvalue weighted by Gasteiger charge is -2.16. The highest BCUT2D eigenvalue weighted by Crippen LogP contribution is 2.27.